The van der Waals surface area contributed by atoms with E-state index in [2.05, 4.69) is 57.9 Å². The maximum atomic E-state index is 4.64. The number of thioether (sulfide) groups is 1. The monoisotopic (exact) mass is 278 g/mol. The van der Waals surface area contributed by atoms with Crippen molar-refractivity contribution in [2.24, 2.45) is 4.99 Å². The van der Waals surface area contributed by atoms with Crippen LogP contribution in [0.4, 0.5) is 0 Å². The molecule has 0 saturated carbocycles. The van der Waals surface area contributed by atoms with Crippen LogP contribution in [0.2, 0.25) is 0 Å². The quantitative estimate of drug-likeness (QED) is 0.672. The Morgan fingerprint density at radius 2 is 1.56 bits per heavy atom. The van der Waals surface area contributed by atoms with Crippen molar-refractivity contribution in [2.75, 3.05) is 12.3 Å². The molecule has 1 rings (SSSR count). The number of hydrogen-bond donors (Lipinski definition) is 0. The van der Waals surface area contributed by atoms with Crippen LogP contribution in [0.15, 0.2) is 4.99 Å². The third-order valence-corrected chi connectivity index (χ3v) is 15.7. The van der Waals surface area contributed by atoms with E-state index in [1.54, 1.807) is 0 Å². The summed E-state index contributed by atoms with van der Waals surface area (Å²) in [5.74, 6) is 1.19. The Balaban J connectivity index is 2.92. The van der Waals surface area contributed by atoms with E-state index in [9.17, 15) is 0 Å². The van der Waals surface area contributed by atoms with E-state index in [0.29, 0.717) is 0 Å². The molecule has 1 aliphatic rings. The maximum Gasteiger partial charge on any atom is 0.164 e. The van der Waals surface area contributed by atoms with Gasteiger partial charge in [-0.05, 0) is 41.5 Å². The van der Waals surface area contributed by atoms with Crippen molar-refractivity contribution in [3.63, 3.8) is 0 Å². The van der Waals surface area contributed by atoms with Gasteiger partial charge in [0.05, 0.1) is 41.4 Å². The van der Waals surface area contributed by atoms with Crippen LogP contribution in [0.25, 0.3) is 0 Å². The van der Waals surface area contributed by atoms with E-state index < -0.39 is 6.46 Å². The Morgan fingerprint density at radius 1 is 1.06 bits per heavy atom. The van der Waals surface area contributed by atoms with Gasteiger partial charge >= 0.3 is 0 Å². The second kappa shape index (κ2) is 6.11. The van der Waals surface area contributed by atoms with Crippen molar-refractivity contribution in [3.05, 3.63) is 0 Å². The molecule has 4 heteroatoms. The summed E-state index contributed by atoms with van der Waals surface area (Å²) in [7, 11) is 0. The topological polar surface area (TPSA) is 12.4 Å². The summed E-state index contributed by atoms with van der Waals surface area (Å²) in [5, 5.41) is 0. The summed E-state index contributed by atoms with van der Waals surface area (Å²) in [4.78, 5) is 4.64. The van der Waals surface area contributed by atoms with Crippen molar-refractivity contribution in [2.45, 2.75) is 58.5 Å². The first-order valence-electron chi connectivity index (χ1n) is 6.16. The molecule has 0 fully saturated rings. The fourth-order valence-corrected chi connectivity index (χ4v) is 12.8. The Hall–Kier alpha value is 0.800. The summed E-state index contributed by atoms with van der Waals surface area (Å²) in [6, 6.07) is 0. The Bertz CT molecular complexity index is 240. The molecule has 0 aromatic carbocycles. The highest BCUT2D eigenvalue weighted by molar-refractivity contribution is 8.75. The van der Waals surface area contributed by atoms with E-state index in [0.717, 1.165) is 23.5 Å². The lowest BCUT2D eigenvalue weighted by molar-refractivity contribution is 0.939. The number of rotatable bonds is 4. The van der Waals surface area contributed by atoms with E-state index in [4.69, 9.17) is 0 Å². The lowest BCUT2D eigenvalue weighted by Crippen LogP contribution is -2.21. The van der Waals surface area contributed by atoms with Gasteiger partial charge in [0.15, 0.2) is 4.38 Å². The number of nitrogens with zero attached hydrogens (tertiary/aromatic N) is 1. The van der Waals surface area contributed by atoms with E-state index in [-0.39, 0.29) is 0 Å². The normalized spacial score (nSPS) is 17.7. The molecule has 0 atom stereocenters. The molecule has 0 aromatic heterocycles. The van der Waals surface area contributed by atoms with Crippen molar-refractivity contribution in [1.29, 1.82) is 0 Å². The summed E-state index contributed by atoms with van der Waals surface area (Å²) < 4.78 is 1.37. The van der Waals surface area contributed by atoms with Crippen molar-refractivity contribution >= 4 is 34.0 Å². The van der Waals surface area contributed by atoms with Gasteiger partial charge in [-0.15, -0.1) is 0 Å². The highest BCUT2D eigenvalue weighted by atomic mass is 32.7. The van der Waals surface area contributed by atoms with E-state index >= 15 is 0 Å². The molecular weight excluding hydrogens is 253 g/mol. The average molecular weight is 278 g/mol. The molecule has 1 nitrogen and oxygen atoms in total. The van der Waals surface area contributed by atoms with Crippen LogP contribution < -0.4 is 0 Å². The summed E-state index contributed by atoms with van der Waals surface area (Å²) in [6.45, 7) is 14.5. The highest BCUT2D eigenvalue weighted by Crippen LogP contribution is 2.80. The van der Waals surface area contributed by atoms with Gasteiger partial charge < -0.3 is 0 Å². The van der Waals surface area contributed by atoms with Crippen LogP contribution in [-0.2, 0) is 0 Å². The zero-order valence-corrected chi connectivity index (χ0v) is 13.9. The van der Waals surface area contributed by atoms with Gasteiger partial charge in [-0.25, -0.2) is 0 Å². The molecule has 1 aliphatic heterocycles. The predicted molar refractivity (Wildman–Crippen MR) is 84.7 cm³/mol. The zero-order valence-electron chi connectivity index (χ0n) is 11.4. The smallest absolute Gasteiger partial charge is 0.164 e. The lowest BCUT2D eigenvalue weighted by Gasteiger charge is -2.35. The molecule has 94 valence electrons. The first kappa shape index (κ1) is 14.9. The SMILES string of the molecule is CC(C)[P+](SC1=NCCS1)(C(C)C)C(C)C. The Kier molecular flexibility index (Phi) is 5.67. The van der Waals surface area contributed by atoms with Gasteiger partial charge in [0.1, 0.15) is 0 Å². The summed E-state index contributed by atoms with van der Waals surface area (Å²) in [5.41, 5.74) is 2.38. The first-order valence-corrected chi connectivity index (χ1v) is 10.6. The van der Waals surface area contributed by atoms with Gasteiger partial charge in [-0.2, -0.15) is 0 Å². The van der Waals surface area contributed by atoms with E-state index in [1.165, 1.54) is 10.1 Å². The van der Waals surface area contributed by atoms with Gasteiger partial charge in [0, 0.05) is 5.75 Å². The molecule has 0 aliphatic carbocycles. The van der Waals surface area contributed by atoms with Gasteiger partial charge in [0.25, 0.3) is 0 Å². The number of hydrogen-bond acceptors (Lipinski definition) is 3. The molecule has 0 spiro atoms. The minimum absolute atomic E-state index is 0.793. The third-order valence-electron chi connectivity index (χ3n) is 3.22. The van der Waals surface area contributed by atoms with Crippen LogP contribution in [0.3, 0.4) is 0 Å². The fraction of sp³-hybridized carbons (Fsp3) is 0.917. The van der Waals surface area contributed by atoms with Crippen LogP contribution >= 0.6 is 29.6 Å². The van der Waals surface area contributed by atoms with Crippen molar-refractivity contribution < 1.29 is 0 Å². The first-order chi connectivity index (χ1) is 7.41. The van der Waals surface area contributed by atoms with Crippen LogP contribution in [-0.4, -0.2) is 33.7 Å². The summed E-state index contributed by atoms with van der Waals surface area (Å²) in [6.07, 6.45) is 0. The maximum absolute atomic E-state index is 4.64. The minimum Gasteiger partial charge on any atom is -0.268 e. The Morgan fingerprint density at radius 3 is 1.88 bits per heavy atom. The zero-order chi connectivity index (χ0) is 12.3. The molecule has 0 bridgehead atoms. The molecule has 0 aromatic rings. The number of aliphatic imine (C=N–C) groups is 1. The van der Waals surface area contributed by atoms with Crippen LogP contribution in [0, 0.1) is 0 Å². The molecular formula is C12H25NPS2+. The fourth-order valence-electron chi connectivity index (χ4n) is 2.61. The van der Waals surface area contributed by atoms with Crippen molar-refractivity contribution in [3.8, 4) is 0 Å². The summed E-state index contributed by atoms with van der Waals surface area (Å²) >= 11 is 4.11. The molecule has 16 heavy (non-hydrogen) atoms. The Labute approximate surface area is 110 Å². The third kappa shape index (κ3) is 2.97. The standard InChI is InChI=1S/C12H25NPS2/c1-9(2)14(10(3)4,11(5)6)16-12-13-7-8-15-12/h9-11H,7-8H2,1-6H3/q+1. The van der Waals surface area contributed by atoms with E-state index in [1.807, 2.05) is 11.8 Å². The van der Waals surface area contributed by atoms with Gasteiger partial charge in [-0.1, -0.05) is 11.8 Å². The molecule has 0 N–H and O–H groups in total. The molecule has 1 heterocycles. The van der Waals surface area contributed by atoms with Crippen molar-refractivity contribution in [1.82, 2.24) is 0 Å². The molecule has 0 unspecified atom stereocenters. The minimum atomic E-state index is -0.996. The average Bonchev–Trinajstić information content (AvgIpc) is 2.64. The highest BCUT2D eigenvalue weighted by Gasteiger charge is 2.50. The van der Waals surface area contributed by atoms with Gasteiger partial charge in [-0.3, -0.25) is 4.99 Å². The molecule has 0 saturated heterocycles. The molecule has 0 amide bonds. The van der Waals surface area contributed by atoms with Gasteiger partial charge in [0.2, 0.25) is 0 Å². The molecule has 0 radical (unpaired) electrons. The van der Waals surface area contributed by atoms with Crippen LogP contribution in [0.5, 0.6) is 0 Å². The largest absolute Gasteiger partial charge is 0.268 e. The predicted octanol–water partition coefficient (Wildman–Crippen LogP) is 4.98. The van der Waals surface area contributed by atoms with Crippen LogP contribution in [0.1, 0.15) is 41.5 Å². The lowest BCUT2D eigenvalue weighted by atomic mass is 10.5. The second-order valence-corrected chi connectivity index (χ2v) is 14.1. The second-order valence-electron chi connectivity index (χ2n) is 5.13.